The van der Waals surface area contributed by atoms with Crippen molar-refractivity contribution in [1.82, 2.24) is 10.0 Å². The number of carbonyl (C=O) groups is 1. The molecule has 1 rings (SSSR count). The summed E-state index contributed by atoms with van der Waals surface area (Å²) in [5.41, 5.74) is 0. The fourth-order valence-corrected chi connectivity index (χ4v) is 1.95. The maximum atomic E-state index is 11.6. The van der Waals surface area contributed by atoms with Crippen molar-refractivity contribution in [3.63, 3.8) is 0 Å². The summed E-state index contributed by atoms with van der Waals surface area (Å²) in [6.07, 6.45) is 1.06. The SMILES string of the molecule is CCOc1ccccc1OCC(=O)NCCNS(C)(=O)=O. The van der Waals surface area contributed by atoms with E-state index in [1.54, 1.807) is 18.2 Å². The summed E-state index contributed by atoms with van der Waals surface area (Å²) >= 11 is 0. The number of rotatable bonds is 9. The van der Waals surface area contributed by atoms with E-state index in [2.05, 4.69) is 10.0 Å². The number of amides is 1. The van der Waals surface area contributed by atoms with Gasteiger partial charge in [0, 0.05) is 13.1 Å². The van der Waals surface area contributed by atoms with E-state index in [4.69, 9.17) is 9.47 Å². The van der Waals surface area contributed by atoms with Crippen molar-refractivity contribution < 1.29 is 22.7 Å². The highest BCUT2D eigenvalue weighted by molar-refractivity contribution is 7.88. The van der Waals surface area contributed by atoms with Crippen molar-refractivity contribution in [2.75, 3.05) is 32.6 Å². The number of benzene rings is 1. The molecule has 0 radical (unpaired) electrons. The van der Waals surface area contributed by atoms with Gasteiger partial charge < -0.3 is 14.8 Å². The normalized spacial score (nSPS) is 11.0. The predicted molar refractivity (Wildman–Crippen MR) is 79.0 cm³/mol. The molecule has 0 aliphatic carbocycles. The monoisotopic (exact) mass is 316 g/mol. The second kappa shape index (κ2) is 8.48. The molecule has 0 atom stereocenters. The highest BCUT2D eigenvalue weighted by atomic mass is 32.2. The molecule has 0 saturated carbocycles. The standard InChI is InChI=1S/C13H20N2O5S/c1-3-19-11-6-4-5-7-12(11)20-10-13(16)14-8-9-15-21(2,17)18/h4-7,15H,3,8-10H2,1-2H3,(H,14,16). The second-order valence-corrected chi connectivity index (χ2v) is 6.02. The van der Waals surface area contributed by atoms with Gasteiger partial charge in [0.1, 0.15) is 0 Å². The van der Waals surface area contributed by atoms with Gasteiger partial charge in [0.2, 0.25) is 10.0 Å². The zero-order valence-corrected chi connectivity index (χ0v) is 12.9. The largest absolute Gasteiger partial charge is 0.490 e. The van der Waals surface area contributed by atoms with Crippen LogP contribution in [-0.4, -0.2) is 46.9 Å². The zero-order chi connectivity index (χ0) is 15.7. The Morgan fingerprint density at radius 2 is 1.76 bits per heavy atom. The summed E-state index contributed by atoms with van der Waals surface area (Å²) in [5.74, 6) is 0.729. The van der Waals surface area contributed by atoms with E-state index in [1.165, 1.54) is 0 Å². The molecule has 21 heavy (non-hydrogen) atoms. The van der Waals surface area contributed by atoms with Gasteiger partial charge in [0.25, 0.3) is 5.91 Å². The minimum absolute atomic E-state index is 0.139. The van der Waals surface area contributed by atoms with Gasteiger partial charge in [0.15, 0.2) is 18.1 Å². The molecule has 1 amide bonds. The van der Waals surface area contributed by atoms with Crippen molar-refractivity contribution in [3.05, 3.63) is 24.3 Å². The van der Waals surface area contributed by atoms with Crippen molar-refractivity contribution >= 4 is 15.9 Å². The molecule has 0 saturated heterocycles. The summed E-state index contributed by atoms with van der Waals surface area (Å²) in [6, 6.07) is 7.07. The third-order valence-corrected chi connectivity index (χ3v) is 3.05. The maximum Gasteiger partial charge on any atom is 0.257 e. The van der Waals surface area contributed by atoms with Crippen molar-refractivity contribution in [2.24, 2.45) is 0 Å². The first-order valence-electron chi connectivity index (χ1n) is 6.48. The Hall–Kier alpha value is -1.80. The van der Waals surface area contributed by atoms with Gasteiger partial charge in [-0.25, -0.2) is 13.1 Å². The number of para-hydroxylation sites is 2. The molecule has 0 spiro atoms. The van der Waals surface area contributed by atoms with Crippen LogP contribution in [0.5, 0.6) is 11.5 Å². The van der Waals surface area contributed by atoms with Crippen LogP contribution in [-0.2, 0) is 14.8 Å². The molecule has 0 fully saturated rings. The summed E-state index contributed by atoms with van der Waals surface area (Å²) in [4.78, 5) is 11.6. The topological polar surface area (TPSA) is 93.7 Å². The summed E-state index contributed by atoms with van der Waals surface area (Å²) < 4.78 is 34.7. The minimum Gasteiger partial charge on any atom is -0.490 e. The lowest BCUT2D eigenvalue weighted by Crippen LogP contribution is -2.36. The average Bonchev–Trinajstić information content (AvgIpc) is 2.42. The van der Waals surface area contributed by atoms with Crippen LogP contribution in [0.3, 0.4) is 0 Å². The summed E-state index contributed by atoms with van der Waals surface area (Å²) in [6.45, 7) is 2.54. The number of hydrogen-bond donors (Lipinski definition) is 2. The number of hydrogen-bond acceptors (Lipinski definition) is 5. The number of sulfonamides is 1. The number of nitrogens with one attached hydrogen (secondary N) is 2. The minimum atomic E-state index is -3.24. The lowest BCUT2D eigenvalue weighted by molar-refractivity contribution is -0.123. The first-order valence-corrected chi connectivity index (χ1v) is 8.37. The van der Waals surface area contributed by atoms with Gasteiger partial charge in [-0.3, -0.25) is 4.79 Å². The van der Waals surface area contributed by atoms with Crippen LogP contribution in [0.25, 0.3) is 0 Å². The molecule has 0 aliphatic heterocycles. The molecule has 0 aromatic heterocycles. The predicted octanol–water partition coefficient (Wildman–Crippen LogP) is 0.130. The molecule has 0 aliphatic rings. The molecule has 0 bridgehead atoms. The molecular weight excluding hydrogens is 296 g/mol. The molecule has 7 nitrogen and oxygen atoms in total. The quantitative estimate of drug-likeness (QED) is 0.632. The van der Waals surface area contributed by atoms with Crippen LogP contribution in [0.4, 0.5) is 0 Å². The van der Waals surface area contributed by atoms with E-state index < -0.39 is 10.0 Å². The molecule has 0 heterocycles. The average molecular weight is 316 g/mol. The molecule has 8 heteroatoms. The van der Waals surface area contributed by atoms with Gasteiger partial charge >= 0.3 is 0 Å². The van der Waals surface area contributed by atoms with Gasteiger partial charge in [-0.05, 0) is 19.1 Å². The Balaban J connectivity index is 2.33. The van der Waals surface area contributed by atoms with Crippen molar-refractivity contribution in [2.45, 2.75) is 6.92 Å². The Morgan fingerprint density at radius 1 is 1.14 bits per heavy atom. The first-order chi connectivity index (χ1) is 9.92. The van der Waals surface area contributed by atoms with E-state index in [0.29, 0.717) is 18.1 Å². The second-order valence-electron chi connectivity index (χ2n) is 4.18. The lowest BCUT2D eigenvalue weighted by Gasteiger charge is -2.11. The molecule has 0 unspecified atom stereocenters. The Morgan fingerprint density at radius 3 is 2.33 bits per heavy atom. The van der Waals surface area contributed by atoms with E-state index in [0.717, 1.165) is 6.26 Å². The van der Waals surface area contributed by atoms with Gasteiger partial charge in [-0.1, -0.05) is 12.1 Å². The molecular formula is C13H20N2O5S. The van der Waals surface area contributed by atoms with E-state index >= 15 is 0 Å². The van der Waals surface area contributed by atoms with Crippen LogP contribution >= 0.6 is 0 Å². The van der Waals surface area contributed by atoms with Crippen LogP contribution < -0.4 is 19.5 Å². The van der Waals surface area contributed by atoms with Crippen LogP contribution in [0, 0.1) is 0 Å². The third kappa shape index (κ3) is 7.52. The smallest absolute Gasteiger partial charge is 0.257 e. The highest BCUT2D eigenvalue weighted by Gasteiger charge is 2.07. The Kier molecular flexibility index (Phi) is 6.97. The molecule has 1 aromatic carbocycles. The fourth-order valence-electron chi connectivity index (χ4n) is 1.48. The van der Waals surface area contributed by atoms with Crippen LogP contribution in [0.2, 0.25) is 0 Å². The third-order valence-electron chi connectivity index (χ3n) is 2.32. The Labute approximate surface area is 124 Å². The maximum absolute atomic E-state index is 11.6. The Bertz CT molecular complexity index is 559. The van der Waals surface area contributed by atoms with Crippen LogP contribution in [0.1, 0.15) is 6.92 Å². The summed E-state index contributed by atoms with van der Waals surface area (Å²) in [5, 5.41) is 2.55. The van der Waals surface area contributed by atoms with Gasteiger partial charge in [0.05, 0.1) is 12.9 Å². The molecule has 1 aromatic rings. The highest BCUT2D eigenvalue weighted by Crippen LogP contribution is 2.26. The summed E-state index contributed by atoms with van der Waals surface area (Å²) in [7, 11) is -3.24. The molecule has 2 N–H and O–H groups in total. The van der Waals surface area contributed by atoms with Crippen molar-refractivity contribution in [3.8, 4) is 11.5 Å². The zero-order valence-electron chi connectivity index (χ0n) is 12.1. The number of ether oxygens (including phenoxy) is 2. The van der Waals surface area contributed by atoms with Crippen LogP contribution in [0.15, 0.2) is 24.3 Å². The van der Waals surface area contributed by atoms with E-state index in [-0.39, 0.29) is 25.6 Å². The van der Waals surface area contributed by atoms with Gasteiger partial charge in [-0.15, -0.1) is 0 Å². The molecule has 118 valence electrons. The first kappa shape index (κ1) is 17.3. The number of carbonyl (C=O) groups excluding carboxylic acids is 1. The van der Waals surface area contributed by atoms with E-state index in [1.807, 2.05) is 13.0 Å². The van der Waals surface area contributed by atoms with Crippen molar-refractivity contribution in [1.29, 1.82) is 0 Å². The van der Waals surface area contributed by atoms with Gasteiger partial charge in [-0.2, -0.15) is 0 Å². The fraction of sp³-hybridized carbons (Fsp3) is 0.462. The lowest BCUT2D eigenvalue weighted by atomic mass is 10.3. The van der Waals surface area contributed by atoms with E-state index in [9.17, 15) is 13.2 Å².